The molecule has 0 atom stereocenters. The predicted octanol–water partition coefficient (Wildman–Crippen LogP) is 2.15. The zero-order valence-electron chi connectivity index (χ0n) is 10.8. The van der Waals surface area contributed by atoms with E-state index in [0.717, 1.165) is 32.5 Å². The van der Waals surface area contributed by atoms with Gasteiger partial charge < -0.3 is 5.73 Å². The molecule has 0 bridgehead atoms. The molecule has 0 amide bonds. The second-order valence-corrected chi connectivity index (χ2v) is 5.93. The van der Waals surface area contributed by atoms with Crippen LogP contribution in [0.1, 0.15) is 30.4 Å². The number of nitrogens with zero attached hydrogens (tertiary/aromatic N) is 1. The number of nitrogens with one attached hydrogen (secondary N) is 1. The highest BCUT2D eigenvalue weighted by atomic mass is 15.1. The second kappa shape index (κ2) is 4.39. The number of fused-ring (bicyclic) bond motifs is 1. The molecular weight excluding hydrogens is 222 g/mol. The normalized spacial score (nSPS) is 21.3. The molecule has 18 heavy (non-hydrogen) atoms. The van der Waals surface area contributed by atoms with E-state index in [-0.39, 0.29) is 0 Å². The first-order valence-corrected chi connectivity index (χ1v) is 6.79. The largest absolute Gasteiger partial charge is 0.388 e. The molecule has 96 valence electrons. The van der Waals surface area contributed by atoms with Crippen LogP contribution in [0.15, 0.2) is 24.3 Å². The lowest BCUT2D eigenvalue weighted by Crippen LogP contribution is -2.36. The first-order chi connectivity index (χ1) is 8.67. The van der Waals surface area contributed by atoms with Crippen molar-refractivity contribution in [1.82, 2.24) is 4.90 Å². The lowest BCUT2D eigenvalue weighted by atomic mass is 9.96. The molecule has 0 radical (unpaired) electrons. The van der Waals surface area contributed by atoms with E-state index in [1.165, 1.54) is 24.0 Å². The molecule has 2 aliphatic rings. The first kappa shape index (κ1) is 11.7. The zero-order chi connectivity index (χ0) is 12.6. The van der Waals surface area contributed by atoms with Gasteiger partial charge in [-0.05, 0) is 35.8 Å². The molecule has 1 heterocycles. The smallest absolute Gasteiger partial charge is 0.0911 e. The maximum absolute atomic E-state index is 7.48. The van der Waals surface area contributed by atoms with Crippen molar-refractivity contribution in [3.8, 4) is 0 Å². The molecule has 3 nitrogen and oxygen atoms in total. The maximum Gasteiger partial charge on any atom is 0.0911 e. The highest BCUT2D eigenvalue weighted by Crippen LogP contribution is 2.49. The van der Waals surface area contributed by atoms with Gasteiger partial charge in [-0.3, -0.25) is 10.3 Å². The van der Waals surface area contributed by atoms with Crippen molar-refractivity contribution in [2.24, 2.45) is 11.1 Å². The number of hydrogen-bond donors (Lipinski definition) is 2. The average Bonchev–Trinajstić information content (AvgIpc) is 3.07. The number of amidine groups is 1. The lowest BCUT2D eigenvalue weighted by molar-refractivity contribution is 0.205. The molecule has 1 fully saturated rings. The van der Waals surface area contributed by atoms with Crippen LogP contribution in [-0.2, 0) is 13.0 Å². The van der Waals surface area contributed by atoms with Crippen molar-refractivity contribution in [2.75, 3.05) is 13.1 Å². The van der Waals surface area contributed by atoms with Crippen LogP contribution in [0.4, 0.5) is 0 Å². The van der Waals surface area contributed by atoms with Crippen molar-refractivity contribution in [3.05, 3.63) is 35.4 Å². The topological polar surface area (TPSA) is 53.1 Å². The third kappa shape index (κ3) is 2.41. The van der Waals surface area contributed by atoms with Gasteiger partial charge in [0, 0.05) is 26.1 Å². The van der Waals surface area contributed by atoms with Crippen LogP contribution < -0.4 is 5.73 Å². The van der Waals surface area contributed by atoms with Crippen LogP contribution in [-0.4, -0.2) is 23.8 Å². The monoisotopic (exact) mass is 243 g/mol. The Balaban J connectivity index is 1.65. The van der Waals surface area contributed by atoms with Crippen LogP contribution in [0.25, 0.3) is 0 Å². The highest BCUT2D eigenvalue weighted by Gasteiger charge is 2.44. The van der Waals surface area contributed by atoms with Gasteiger partial charge in [0.15, 0.2) is 0 Å². The van der Waals surface area contributed by atoms with E-state index < -0.39 is 0 Å². The van der Waals surface area contributed by atoms with Crippen molar-refractivity contribution in [3.63, 3.8) is 0 Å². The molecule has 0 saturated heterocycles. The Hall–Kier alpha value is -1.35. The van der Waals surface area contributed by atoms with E-state index in [4.69, 9.17) is 11.1 Å². The zero-order valence-corrected chi connectivity index (χ0v) is 10.8. The summed E-state index contributed by atoms with van der Waals surface area (Å²) in [4.78, 5) is 2.54. The average molecular weight is 243 g/mol. The van der Waals surface area contributed by atoms with E-state index in [2.05, 4.69) is 29.2 Å². The third-order valence-electron chi connectivity index (χ3n) is 4.29. The van der Waals surface area contributed by atoms with Crippen LogP contribution in [0.3, 0.4) is 0 Å². The van der Waals surface area contributed by atoms with Gasteiger partial charge in [-0.1, -0.05) is 24.3 Å². The summed E-state index contributed by atoms with van der Waals surface area (Å²) < 4.78 is 0. The standard InChI is InChI=1S/C15H21N3/c16-14(17)9-15(6-7-15)11-18-8-5-12-3-1-2-4-13(12)10-18/h1-4H,5-11H2,(H3,16,17). The summed E-state index contributed by atoms with van der Waals surface area (Å²) in [5, 5.41) is 7.48. The molecule has 0 spiro atoms. The summed E-state index contributed by atoms with van der Waals surface area (Å²) in [5.41, 5.74) is 8.88. The van der Waals surface area contributed by atoms with Crippen molar-refractivity contribution in [1.29, 1.82) is 5.41 Å². The van der Waals surface area contributed by atoms with Gasteiger partial charge in [-0.25, -0.2) is 0 Å². The van der Waals surface area contributed by atoms with Gasteiger partial charge in [0.1, 0.15) is 0 Å². The maximum atomic E-state index is 7.48. The van der Waals surface area contributed by atoms with Crippen molar-refractivity contribution in [2.45, 2.75) is 32.2 Å². The van der Waals surface area contributed by atoms with Crippen molar-refractivity contribution >= 4 is 5.84 Å². The summed E-state index contributed by atoms with van der Waals surface area (Å²) in [6.45, 7) is 3.33. The summed E-state index contributed by atoms with van der Waals surface area (Å²) in [7, 11) is 0. The third-order valence-corrected chi connectivity index (χ3v) is 4.29. The van der Waals surface area contributed by atoms with Gasteiger partial charge >= 0.3 is 0 Å². The van der Waals surface area contributed by atoms with Gasteiger partial charge in [-0.2, -0.15) is 0 Å². The highest BCUT2D eigenvalue weighted by molar-refractivity contribution is 5.78. The molecule has 3 N–H and O–H groups in total. The Morgan fingerprint density at radius 1 is 1.28 bits per heavy atom. The number of hydrogen-bond acceptors (Lipinski definition) is 2. The van der Waals surface area contributed by atoms with Crippen LogP contribution in [0.2, 0.25) is 0 Å². The molecule has 3 rings (SSSR count). The van der Waals surface area contributed by atoms with Gasteiger partial charge in [0.2, 0.25) is 0 Å². The molecular formula is C15H21N3. The molecule has 3 heteroatoms. The Kier molecular flexibility index (Phi) is 2.86. The Morgan fingerprint density at radius 3 is 2.67 bits per heavy atom. The molecule has 0 aromatic heterocycles. The second-order valence-electron chi connectivity index (χ2n) is 5.93. The molecule has 1 saturated carbocycles. The van der Waals surface area contributed by atoms with E-state index in [1.807, 2.05) is 0 Å². The summed E-state index contributed by atoms with van der Waals surface area (Å²) in [6, 6.07) is 8.75. The molecule has 1 aromatic carbocycles. The van der Waals surface area contributed by atoms with Gasteiger partial charge in [-0.15, -0.1) is 0 Å². The minimum Gasteiger partial charge on any atom is -0.388 e. The Morgan fingerprint density at radius 2 is 2.00 bits per heavy atom. The molecule has 0 unspecified atom stereocenters. The molecule has 1 aliphatic heterocycles. The van der Waals surface area contributed by atoms with Crippen LogP contribution >= 0.6 is 0 Å². The van der Waals surface area contributed by atoms with E-state index in [9.17, 15) is 0 Å². The SMILES string of the molecule is N=C(N)CC1(CN2CCc3ccccc3C2)CC1. The van der Waals surface area contributed by atoms with E-state index >= 15 is 0 Å². The quantitative estimate of drug-likeness (QED) is 0.629. The summed E-state index contributed by atoms with van der Waals surface area (Å²) in [5.74, 6) is 0.352. The Labute approximate surface area is 108 Å². The van der Waals surface area contributed by atoms with Crippen LogP contribution in [0, 0.1) is 10.8 Å². The van der Waals surface area contributed by atoms with Gasteiger partial charge in [0.05, 0.1) is 5.84 Å². The summed E-state index contributed by atoms with van der Waals surface area (Å²) in [6.07, 6.45) is 4.42. The fourth-order valence-electron chi connectivity index (χ4n) is 3.14. The summed E-state index contributed by atoms with van der Waals surface area (Å²) >= 11 is 0. The molecule has 1 aromatic rings. The Bertz CT molecular complexity index is 463. The van der Waals surface area contributed by atoms with Crippen LogP contribution in [0.5, 0.6) is 0 Å². The number of benzene rings is 1. The lowest BCUT2D eigenvalue weighted by Gasteiger charge is -2.32. The fraction of sp³-hybridized carbons (Fsp3) is 0.533. The van der Waals surface area contributed by atoms with Gasteiger partial charge in [0.25, 0.3) is 0 Å². The fourth-order valence-corrected chi connectivity index (χ4v) is 3.14. The first-order valence-electron chi connectivity index (χ1n) is 6.79. The predicted molar refractivity (Wildman–Crippen MR) is 73.6 cm³/mol. The molecule has 1 aliphatic carbocycles. The van der Waals surface area contributed by atoms with Crippen molar-refractivity contribution < 1.29 is 0 Å². The minimum atomic E-state index is 0.331. The minimum absolute atomic E-state index is 0.331. The number of nitrogens with two attached hydrogens (primary N) is 1. The van der Waals surface area contributed by atoms with E-state index in [0.29, 0.717) is 11.3 Å². The number of rotatable bonds is 4. The van der Waals surface area contributed by atoms with E-state index in [1.54, 1.807) is 0 Å².